The number of carbonyl (C=O) groups excluding carboxylic acids is 2. The molecule has 0 aliphatic heterocycles. The molecule has 58 heavy (non-hydrogen) atoms. The number of allylic oxidation sites excluding steroid dienone is 2. The summed E-state index contributed by atoms with van der Waals surface area (Å²) >= 11 is 0. The van der Waals surface area contributed by atoms with Gasteiger partial charge in [-0.05, 0) is 38.5 Å². The molecule has 9 nitrogen and oxygen atoms in total. The van der Waals surface area contributed by atoms with Crippen LogP contribution in [0.2, 0.25) is 0 Å². The summed E-state index contributed by atoms with van der Waals surface area (Å²) in [5.74, 6) is -0.824. The van der Waals surface area contributed by atoms with Crippen LogP contribution in [0.4, 0.5) is 0 Å². The molecule has 0 saturated heterocycles. The number of phosphoric acid groups is 1. The quantitative estimate of drug-likeness (QED) is 0.0266. The third-order valence-electron chi connectivity index (χ3n) is 10.9. The summed E-state index contributed by atoms with van der Waals surface area (Å²) in [6.45, 7) is 3.77. The SMILES string of the molecule is CCCCCCCC/C=C/CCCCCCCC(=O)OC[C@H](COP(=O)(O)OCCN)OC(=O)CCCCCCCCCCCCCCCCCCCCCCCC. The lowest BCUT2D eigenvalue weighted by Crippen LogP contribution is -2.29. The molecule has 0 bridgehead atoms. The smallest absolute Gasteiger partial charge is 0.462 e. The fraction of sp³-hybridized carbons (Fsp3) is 0.917. The highest BCUT2D eigenvalue weighted by atomic mass is 31.2. The van der Waals surface area contributed by atoms with E-state index in [1.54, 1.807) is 0 Å². The van der Waals surface area contributed by atoms with Crippen molar-refractivity contribution in [1.29, 1.82) is 0 Å². The first-order valence-electron chi connectivity index (χ1n) is 24.7. The summed E-state index contributed by atoms with van der Waals surface area (Å²) in [6.07, 6.45) is 48.2. The van der Waals surface area contributed by atoms with E-state index in [1.807, 2.05) is 0 Å². The van der Waals surface area contributed by atoms with Crippen molar-refractivity contribution >= 4 is 19.8 Å². The van der Waals surface area contributed by atoms with Crippen LogP contribution >= 0.6 is 7.82 Å². The number of nitrogens with two attached hydrogens (primary N) is 1. The van der Waals surface area contributed by atoms with Crippen LogP contribution < -0.4 is 5.73 Å². The average molecular weight is 844 g/mol. The number of esters is 2. The molecule has 0 saturated carbocycles. The van der Waals surface area contributed by atoms with Crippen LogP contribution in [0, 0.1) is 0 Å². The van der Waals surface area contributed by atoms with Gasteiger partial charge in [-0.15, -0.1) is 0 Å². The third-order valence-corrected chi connectivity index (χ3v) is 11.9. The molecule has 0 aromatic rings. The van der Waals surface area contributed by atoms with Gasteiger partial charge in [-0.1, -0.05) is 212 Å². The molecule has 0 fully saturated rings. The topological polar surface area (TPSA) is 134 Å². The first kappa shape index (κ1) is 56.8. The average Bonchev–Trinajstić information content (AvgIpc) is 3.21. The fourth-order valence-electron chi connectivity index (χ4n) is 7.22. The van der Waals surface area contributed by atoms with Crippen molar-refractivity contribution in [3.05, 3.63) is 12.2 Å². The second-order valence-electron chi connectivity index (χ2n) is 16.7. The van der Waals surface area contributed by atoms with E-state index in [4.69, 9.17) is 24.3 Å². The Bertz CT molecular complexity index is 964. The van der Waals surface area contributed by atoms with E-state index in [1.165, 1.54) is 167 Å². The lowest BCUT2D eigenvalue weighted by molar-refractivity contribution is -0.161. The first-order chi connectivity index (χ1) is 28.3. The second kappa shape index (κ2) is 45.3. The monoisotopic (exact) mass is 844 g/mol. The molecule has 0 heterocycles. The molecule has 1 unspecified atom stereocenters. The Morgan fingerprint density at radius 1 is 0.500 bits per heavy atom. The number of hydrogen-bond acceptors (Lipinski definition) is 8. The van der Waals surface area contributed by atoms with Gasteiger partial charge in [0.15, 0.2) is 6.10 Å². The Morgan fingerprint density at radius 2 is 0.845 bits per heavy atom. The van der Waals surface area contributed by atoms with Crippen molar-refractivity contribution in [2.75, 3.05) is 26.4 Å². The number of phosphoric ester groups is 1. The maximum atomic E-state index is 12.6. The normalized spacial score (nSPS) is 13.2. The van der Waals surface area contributed by atoms with Gasteiger partial charge < -0.3 is 20.1 Å². The molecule has 344 valence electrons. The highest BCUT2D eigenvalue weighted by Gasteiger charge is 2.26. The lowest BCUT2D eigenvalue weighted by Gasteiger charge is -2.19. The largest absolute Gasteiger partial charge is 0.472 e. The van der Waals surface area contributed by atoms with Crippen LogP contribution in [0.5, 0.6) is 0 Å². The number of unbranched alkanes of at least 4 members (excludes halogenated alkanes) is 32. The standard InChI is InChI=1S/C48H94NO8P/c1-3-5-7-9-11-13-15-17-19-20-21-22-23-24-25-27-29-31-33-35-37-39-41-48(51)57-46(45-56-58(52,53)55-43-42-49)44-54-47(50)40-38-36-34-32-30-28-26-18-16-14-12-10-8-6-4-2/h18,26,46H,3-17,19-25,27-45,49H2,1-2H3,(H,52,53)/b26-18+/t46-/m1/s1. The molecule has 0 spiro atoms. The number of carbonyl (C=O) groups is 2. The van der Waals surface area contributed by atoms with Crippen LogP contribution in [0.25, 0.3) is 0 Å². The Balaban J connectivity index is 4.02. The molecule has 0 aromatic carbocycles. The Morgan fingerprint density at radius 3 is 1.22 bits per heavy atom. The van der Waals surface area contributed by atoms with Crippen LogP contribution in [-0.2, 0) is 32.7 Å². The third kappa shape index (κ3) is 44.3. The van der Waals surface area contributed by atoms with Crippen molar-refractivity contribution < 1.29 is 37.6 Å². The van der Waals surface area contributed by atoms with E-state index in [0.29, 0.717) is 6.42 Å². The van der Waals surface area contributed by atoms with E-state index < -0.39 is 26.5 Å². The molecule has 3 N–H and O–H groups in total. The minimum Gasteiger partial charge on any atom is -0.462 e. The fourth-order valence-corrected chi connectivity index (χ4v) is 7.99. The molecule has 0 aromatic heterocycles. The molecular weight excluding hydrogens is 750 g/mol. The van der Waals surface area contributed by atoms with Crippen LogP contribution in [0.3, 0.4) is 0 Å². The maximum absolute atomic E-state index is 12.6. The number of hydrogen-bond donors (Lipinski definition) is 2. The molecule has 2 atom stereocenters. The summed E-state index contributed by atoms with van der Waals surface area (Å²) in [5.41, 5.74) is 5.36. The number of rotatable bonds is 47. The number of ether oxygens (including phenoxy) is 2. The summed E-state index contributed by atoms with van der Waals surface area (Å²) in [4.78, 5) is 35.0. The van der Waals surface area contributed by atoms with Gasteiger partial charge in [0.1, 0.15) is 6.61 Å². The van der Waals surface area contributed by atoms with Gasteiger partial charge in [0.05, 0.1) is 13.2 Å². The van der Waals surface area contributed by atoms with E-state index in [9.17, 15) is 19.0 Å². The molecule has 0 radical (unpaired) electrons. The Labute approximate surface area is 358 Å². The predicted octanol–water partition coefficient (Wildman–Crippen LogP) is 14.6. The van der Waals surface area contributed by atoms with Gasteiger partial charge in [0, 0.05) is 19.4 Å². The first-order valence-corrected chi connectivity index (χ1v) is 26.2. The van der Waals surface area contributed by atoms with E-state index in [-0.39, 0.29) is 38.6 Å². The van der Waals surface area contributed by atoms with Crippen LogP contribution in [-0.4, -0.2) is 49.3 Å². The zero-order chi connectivity index (χ0) is 42.5. The molecule has 10 heteroatoms. The highest BCUT2D eigenvalue weighted by Crippen LogP contribution is 2.43. The maximum Gasteiger partial charge on any atom is 0.472 e. The van der Waals surface area contributed by atoms with Gasteiger partial charge in [0.2, 0.25) is 0 Å². The second-order valence-corrected chi connectivity index (χ2v) is 18.1. The molecule has 0 rings (SSSR count). The van der Waals surface area contributed by atoms with Gasteiger partial charge in [-0.25, -0.2) is 4.57 Å². The lowest BCUT2D eigenvalue weighted by atomic mass is 10.0. The summed E-state index contributed by atoms with van der Waals surface area (Å²) in [6, 6.07) is 0. The highest BCUT2D eigenvalue weighted by molar-refractivity contribution is 7.47. The summed E-state index contributed by atoms with van der Waals surface area (Å²) < 4.78 is 32.9. The zero-order valence-electron chi connectivity index (χ0n) is 38.1. The summed E-state index contributed by atoms with van der Waals surface area (Å²) in [5, 5.41) is 0. The minimum atomic E-state index is -4.38. The van der Waals surface area contributed by atoms with Crippen LogP contribution in [0.15, 0.2) is 12.2 Å². The van der Waals surface area contributed by atoms with Crippen LogP contribution in [0.1, 0.15) is 251 Å². The minimum absolute atomic E-state index is 0.0554. The van der Waals surface area contributed by atoms with E-state index in [0.717, 1.165) is 51.4 Å². The Kier molecular flexibility index (Phi) is 44.3. The van der Waals surface area contributed by atoms with Crippen molar-refractivity contribution in [2.45, 2.75) is 258 Å². The molecule has 0 aliphatic rings. The Hall–Kier alpha value is -1.25. The van der Waals surface area contributed by atoms with Crippen molar-refractivity contribution in [2.24, 2.45) is 5.73 Å². The predicted molar refractivity (Wildman–Crippen MR) is 243 cm³/mol. The molecule has 0 aliphatic carbocycles. The van der Waals surface area contributed by atoms with Gasteiger partial charge in [-0.3, -0.25) is 18.6 Å². The van der Waals surface area contributed by atoms with Crippen molar-refractivity contribution in [1.82, 2.24) is 0 Å². The van der Waals surface area contributed by atoms with Gasteiger partial charge in [0.25, 0.3) is 0 Å². The molecule has 0 amide bonds. The zero-order valence-corrected chi connectivity index (χ0v) is 38.9. The van der Waals surface area contributed by atoms with E-state index >= 15 is 0 Å². The van der Waals surface area contributed by atoms with Crippen molar-refractivity contribution in [3.8, 4) is 0 Å². The molecular formula is C48H94NO8P. The van der Waals surface area contributed by atoms with E-state index in [2.05, 4.69) is 26.0 Å². The van der Waals surface area contributed by atoms with Gasteiger partial charge in [-0.2, -0.15) is 0 Å². The van der Waals surface area contributed by atoms with Gasteiger partial charge >= 0.3 is 19.8 Å². The van der Waals surface area contributed by atoms with Crippen molar-refractivity contribution in [3.63, 3.8) is 0 Å². The summed E-state index contributed by atoms with van der Waals surface area (Å²) in [7, 11) is -4.38.